The number of nitrogens with one attached hydrogen (secondary N) is 1. The van der Waals surface area contributed by atoms with Crippen molar-refractivity contribution in [2.45, 2.75) is 32.1 Å². The molecule has 1 amide bonds. The Labute approximate surface area is 153 Å². The van der Waals surface area contributed by atoms with Crippen molar-refractivity contribution in [3.8, 4) is 11.5 Å². The van der Waals surface area contributed by atoms with Crippen molar-refractivity contribution < 1.29 is 19.1 Å². The molecule has 1 fully saturated rings. The van der Waals surface area contributed by atoms with Gasteiger partial charge in [0.15, 0.2) is 0 Å². The first-order chi connectivity index (χ1) is 12.7. The molecule has 0 saturated heterocycles. The lowest BCUT2D eigenvalue weighted by Gasteiger charge is -2.19. The Morgan fingerprint density at radius 3 is 2.35 bits per heavy atom. The summed E-state index contributed by atoms with van der Waals surface area (Å²) in [5, 5.41) is 2.82. The van der Waals surface area contributed by atoms with Crippen molar-refractivity contribution >= 4 is 17.6 Å². The van der Waals surface area contributed by atoms with Crippen LogP contribution in [0.15, 0.2) is 48.5 Å². The third-order valence-corrected chi connectivity index (χ3v) is 4.62. The van der Waals surface area contributed by atoms with Crippen LogP contribution in [-0.4, -0.2) is 19.0 Å². The summed E-state index contributed by atoms with van der Waals surface area (Å²) in [4.78, 5) is 24.6. The van der Waals surface area contributed by atoms with Crippen LogP contribution in [0.4, 0.5) is 5.69 Å². The Hall–Kier alpha value is -2.82. The summed E-state index contributed by atoms with van der Waals surface area (Å²) >= 11 is 0. The third kappa shape index (κ3) is 4.42. The molecule has 5 heteroatoms. The number of anilines is 1. The summed E-state index contributed by atoms with van der Waals surface area (Å²) in [6, 6.07) is 13.9. The number of benzene rings is 2. The number of esters is 1. The van der Waals surface area contributed by atoms with Gasteiger partial charge in [0, 0.05) is 5.69 Å². The van der Waals surface area contributed by atoms with Crippen LogP contribution in [0.5, 0.6) is 11.5 Å². The number of hydrogen-bond acceptors (Lipinski definition) is 4. The highest BCUT2D eigenvalue weighted by Gasteiger charge is 2.23. The summed E-state index contributed by atoms with van der Waals surface area (Å²) in [6.07, 6.45) is 5.20. The van der Waals surface area contributed by atoms with E-state index in [1.54, 1.807) is 42.5 Å². The fourth-order valence-electron chi connectivity index (χ4n) is 3.17. The topological polar surface area (TPSA) is 64.6 Å². The van der Waals surface area contributed by atoms with Gasteiger partial charge in [-0.05, 0) is 49.2 Å². The molecule has 5 nitrogen and oxygen atoms in total. The number of rotatable bonds is 5. The molecule has 2 aromatic carbocycles. The molecular formula is C21H23NO4. The maximum absolute atomic E-state index is 12.4. The van der Waals surface area contributed by atoms with E-state index in [4.69, 9.17) is 9.47 Å². The van der Waals surface area contributed by atoms with Gasteiger partial charge in [0.1, 0.15) is 11.5 Å². The number of para-hydroxylation sites is 1. The van der Waals surface area contributed by atoms with Gasteiger partial charge in [-0.15, -0.1) is 0 Å². The minimum Gasteiger partial charge on any atom is -0.496 e. The normalized spacial score (nSPS) is 14.5. The van der Waals surface area contributed by atoms with Crippen molar-refractivity contribution in [1.82, 2.24) is 0 Å². The molecule has 2 aromatic rings. The van der Waals surface area contributed by atoms with E-state index in [2.05, 4.69) is 5.32 Å². The number of amides is 1. The molecule has 1 aliphatic rings. The molecule has 0 radical (unpaired) electrons. The van der Waals surface area contributed by atoms with E-state index < -0.39 is 0 Å². The Morgan fingerprint density at radius 1 is 0.962 bits per heavy atom. The lowest BCUT2D eigenvalue weighted by molar-refractivity contribution is -0.139. The molecular weight excluding hydrogens is 330 g/mol. The molecule has 1 aliphatic carbocycles. The number of hydrogen-bond donors (Lipinski definition) is 1. The Kier molecular flexibility index (Phi) is 5.89. The monoisotopic (exact) mass is 353 g/mol. The summed E-state index contributed by atoms with van der Waals surface area (Å²) in [6.45, 7) is 0. The van der Waals surface area contributed by atoms with Crippen LogP contribution in [0, 0.1) is 5.92 Å². The summed E-state index contributed by atoms with van der Waals surface area (Å²) in [5.74, 6) is 0.609. The predicted octanol–water partition coefficient (Wildman–Crippen LogP) is 4.43. The van der Waals surface area contributed by atoms with E-state index in [-0.39, 0.29) is 17.8 Å². The quantitative estimate of drug-likeness (QED) is 0.638. The standard InChI is InChI=1S/C21H23NO4/c1-25-19-10-6-5-9-18(19)20(23)22-16-11-13-17(14-12-16)26-21(24)15-7-3-2-4-8-15/h5-6,9-15H,2-4,7-8H2,1H3,(H,22,23). The minimum absolute atomic E-state index is 0.00803. The van der Waals surface area contributed by atoms with E-state index in [0.717, 1.165) is 25.7 Å². The lowest BCUT2D eigenvalue weighted by atomic mass is 9.89. The molecule has 1 N–H and O–H groups in total. The first kappa shape index (κ1) is 18.0. The fraction of sp³-hybridized carbons (Fsp3) is 0.333. The van der Waals surface area contributed by atoms with Gasteiger partial charge in [0.05, 0.1) is 18.6 Å². The average molecular weight is 353 g/mol. The van der Waals surface area contributed by atoms with Crippen LogP contribution in [0.1, 0.15) is 42.5 Å². The molecule has 26 heavy (non-hydrogen) atoms. The first-order valence-electron chi connectivity index (χ1n) is 8.93. The van der Waals surface area contributed by atoms with Gasteiger partial charge in [0.25, 0.3) is 5.91 Å². The number of carbonyl (C=O) groups is 2. The molecule has 0 aliphatic heterocycles. The average Bonchev–Trinajstić information content (AvgIpc) is 2.70. The lowest BCUT2D eigenvalue weighted by Crippen LogP contribution is -2.22. The summed E-state index contributed by atoms with van der Waals surface area (Å²) in [7, 11) is 1.53. The third-order valence-electron chi connectivity index (χ3n) is 4.62. The highest BCUT2D eigenvalue weighted by Crippen LogP contribution is 2.26. The van der Waals surface area contributed by atoms with E-state index in [1.807, 2.05) is 6.07 Å². The molecule has 0 unspecified atom stereocenters. The Balaban J connectivity index is 1.60. The smallest absolute Gasteiger partial charge is 0.314 e. The van der Waals surface area contributed by atoms with Crippen LogP contribution in [0.2, 0.25) is 0 Å². The van der Waals surface area contributed by atoms with Crippen molar-refractivity contribution in [3.63, 3.8) is 0 Å². The fourth-order valence-corrected chi connectivity index (χ4v) is 3.17. The largest absolute Gasteiger partial charge is 0.496 e. The van der Waals surface area contributed by atoms with Crippen LogP contribution >= 0.6 is 0 Å². The van der Waals surface area contributed by atoms with Gasteiger partial charge in [-0.1, -0.05) is 31.4 Å². The molecule has 0 aromatic heterocycles. The first-order valence-corrected chi connectivity index (χ1v) is 8.93. The van der Waals surface area contributed by atoms with Crippen molar-refractivity contribution in [2.24, 2.45) is 5.92 Å². The van der Waals surface area contributed by atoms with Crippen LogP contribution in [0.25, 0.3) is 0 Å². The van der Waals surface area contributed by atoms with Gasteiger partial charge < -0.3 is 14.8 Å². The number of ether oxygens (including phenoxy) is 2. The molecule has 0 bridgehead atoms. The number of carbonyl (C=O) groups excluding carboxylic acids is 2. The molecule has 0 atom stereocenters. The predicted molar refractivity (Wildman–Crippen MR) is 99.6 cm³/mol. The van der Waals surface area contributed by atoms with Gasteiger partial charge >= 0.3 is 5.97 Å². The zero-order chi connectivity index (χ0) is 18.4. The zero-order valence-corrected chi connectivity index (χ0v) is 14.9. The second-order valence-corrected chi connectivity index (χ2v) is 6.43. The van der Waals surface area contributed by atoms with Gasteiger partial charge in [-0.3, -0.25) is 9.59 Å². The SMILES string of the molecule is COc1ccccc1C(=O)Nc1ccc(OC(=O)C2CCCCC2)cc1. The van der Waals surface area contributed by atoms with Gasteiger partial charge in [-0.25, -0.2) is 0 Å². The molecule has 3 rings (SSSR count). The summed E-state index contributed by atoms with van der Waals surface area (Å²) in [5.41, 5.74) is 1.08. The molecule has 0 heterocycles. The van der Waals surface area contributed by atoms with Crippen molar-refractivity contribution in [1.29, 1.82) is 0 Å². The highest BCUT2D eigenvalue weighted by molar-refractivity contribution is 6.06. The highest BCUT2D eigenvalue weighted by atomic mass is 16.5. The van der Waals surface area contributed by atoms with Crippen LogP contribution in [-0.2, 0) is 4.79 Å². The maximum atomic E-state index is 12.4. The van der Waals surface area contributed by atoms with Gasteiger partial charge in [0.2, 0.25) is 0 Å². The van der Waals surface area contributed by atoms with Crippen molar-refractivity contribution in [3.05, 3.63) is 54.1 Å². The van der Waals surface area contributed by atoms with Gasteiger partial charge in [-0.2, -0.15) is 0 Å². The van der Waals surface area contributed by atoms with E-state index in [9.17, 15) is 9.59 Å². The minimum atomic E-state index is -0.255. The Morgan fingerprint density at radius 2 is 1.65 bits per heavy atom. The second kappa shape index (κ2) is 8.52. The second-order valence-electron chi connectivity index (χ2n) is 6.43. The summed E-state index contributed by atoms with van der Waals surface area (Å²) < 4.78 is 10.7. The number of methoxy groups -OCH3 is 1. The maximum Gasteiger partial charge on any atom is 0.314 e. The Bertz CT molecular complexity index is 764. The van der Waals surface area contributed by atoms with E-state index in [1.165, 1.54) is 13.5 Å². The molecule has 1 saturated carbocycles. The van der Waals surface area contributed by atoms with E-state index in [0.29, 0.717) is 22.7 Å². The van der Waals surface area contributed by atoms with E-state index >= 15 is 0 Å². The molecule has 136 valence electrons. The zero-order valence-electron chi connectivity index (χ0n) is 14.9. The molecule has 0 spiro atoms. The van der Waals surface area contributed by atoms with Crippen LogP contribution in [0.3, 0.4) is 0 Å². The van der Waals surface area contributed by atoms with Crippen molar-refractivity contribution in [2.75, 3.05) is 12.4 Å². The van der Waals surface area contributed by atoms with Crippen LogP contribution < -0.4 is 14.8 Å².